The van der Waals surface area contributed by atoms with Crippen molar-refractivity contribution in [3.8, 4) is 28.6 Å². The highest BCUT2D eigenvalue weighted by atomic mass is 19.4. The van der Waals surface area contributed by atoms with E-state index in [4.69, 9.17) is 14.0 Å². The first-order chi connectivity index (χ1) is 13.4. The quantitative estimate of drug-likeness (QED) is 0.640. The zero-order valence-corrected chi connectivity index (χ0v) is 14.9. The molecule has 0 atom stereocenters. The van der Waals surface area contributed by atoms with Gasteiger partial charge >= 0.3 is 6.36 Å². The van der Waals surface area contributed by atoms with Crippen LogP contribution in [0.3, 0.4) is 0 Å². The molecule has 0 aliphatic rings. The maximum Gasteiger partial charge on any atom is 0.573 e. The summed E-state index contributed by atoms with van der Waals surface area (Å²) >= 11 is 0. The lowest BCUT2D eigenvalue weighted by Crippen LogP contribution is -2.17. The van der Waals surface area contributed by atoms with Gasteiger partial charge in [0.05, 0.1) is 20.8 Å². The maximum atomic E-state index is 12.3. The first-order valence-corrected chi connectivity index (χ1v) is 8.02. The fourth-order valence-electron chi connectivity index (χ4n) is 2.40. The second kappa shape index (κ2) is 8.07. The molecule has 3 rings (SSSR count). The molecule has 7 nitrogen and oxygen atoms in total. The number of nitrogens with zero attached hydrogens (tertiary/aromatic N) is 2. The predicted octanol–water partition coefficient (Wildman–Crippen LogP) is 4.26. The van der Waals surface area contributed by atoms with Crippen LogP contribution in [0.15, 0.2) is 47.0 Å². The molecule has 0 bridgehead atoms. The minimum absolute atomic E-state index is 0.121. The molecule has 0 aliphatic carbocycles. The molecule has 0 unspecified atom stereocenters. The summed E-state index contributed by atoms with van der Waals surface area (Å²) in [6.45, 7) is 0.121. The smallest absolute Gasteiger partial charge is 0.493 e. The number of hydrogen-bond acceptors (Lipinski definition) is 7. The summed E-state index contributed by atoms with van der Waals surface area (Å²) in [6.07, 6.45) is -4.75. The van der Waals surface area contributed by atoms with Crippen molar-refractivity contribution in [3.63, 3.8) is 0 Å². The first kappa shape index (κ1) is 19.3. The van der Waals surface area contributed by atoms with E-state index in [0.29, 0.717) is 28.6 Å². The number of halogens is 3. The van der Waals surface area contributed by atoms with E-state index in [1.807, 2.05) is 0 Å². The summed E-state index contributed by atoms with van der Waals surface area (Å²) < 4.78 is 56.4. The van der Waals surface area contributed by atoms with Crippen LogP contribution in [0.2, 0.25) is 0 Å². The number of rotatable bonds is 7. The summed E-state index contributed by atoms with van der Waals surface area (Å²) in [5, 5.41) is 6.80. The van der Waals surface area contributed by atoms with Crippen LogP contribution in [0.25, 0.3) is 11.4 Å². The molecule has 0 saturated carbocycles. The lowest BCUT2D eigenvalue weighted by molar-refractivity contribution is -0.274. The van der Waals surface area contributed by atoms with Gasteiger partial charge in [-0.2, -0.15) is 4.98 Å². The Hall–Kier alpha value is -3.43. The third-order valence-electron chi connectivity index (χ3n) is 3.62. The molecule has 148 valence electrons. The molecule has 1 heterocycles. The Morgan fingerprint density at radius 2 is 1.82 bits per heavy atom. The Kier molecular flexibility index (Phi) is 5.57. The van der Waals surface area contributed by atoms with Crippen LogP contribution in [0, 0.1) is 0 Å². The van der Waals surface area contributed by atoms with E-state index in [9.17, 15) is 13.2 Å². The van der Waals surface area contributed by atoms with E-state index >= 15 is 0 Å². The number of ether oxygens (including phenoxy) is 3. The average molecular weight is 395 g/mol. The predicted molar refractivity (Wildman–Crippen MR) is 93.3 cm³/mol. The van der Waals surface area contributed by atoms with Crippen LogP contribution >= 0.6 is 0 Å². The minimum Gasteiger partial charge on any atom is -0.493 e. The van der Waals surface area contributed by atoms with Gasteiger partial charge in [-0.3, -0.25) is 0 Å². The van der Waals surface area contributed by atoms with Crippen LogP contribution in [-0.2, 0) is 6.54 Å². The van der Waals surface area contributed by atoms with E-state index in [2.05, 4.69) is 20.2 Å². The Balaban J connectivity index is 1.68. The van der Waals surface area contributed by atoms with Crippen LogP contribution in [0.4, 0.5) is 18.9 Å². The summed E-state index contributed by atoms with van der Waals surface area (Å²) in [5.41, 5.74) is 1.07. The van der Waals surface area contributed by atoms with Crippen LogP contribution in [-0.4, -0.2) is 30.7 Å². The zero-order valence-electron chi connectivity index (χ0n) is 14.9. The Bertz CT molecular complexity index is 944. The highest BCUT2D eigenvalue weighted by Crippen LogP contribution is 2.31. The van der Waals surface area contributed by atoms with Crippen molar-refractivity contribution in [1.82, 2.24) is 10.1 Å². The second-order valence-electron chi connectivity index (χ2n) is 5.51. The van der Waals surface area contributed by atoms with Gasteiger partial charge in [-0.25, -0.2) is 0 Å². The van der Waals surface area contributed by atoms with E-state index in [1.165, 1.54) is 32.4 Å². The van der Waals surface area contributed by atoms with E-state index in [0.717, 1.165) is 0 Å². The van der Waals surface area contributed by atoms with Crippen LogP contribution < -0.4 is 19.5 Å². The molecule has 0 saturated heterocycles. The van der Waals surface area contributed by atoms with Crippen molar-refractivity contribution in [2.75, 3.05) is 19.5 Å². The molecular formula is C18H16F3N3O4. The number of benzene rings is 2. The molecule has 28 heavy (non-hydrogen) atoms. The highest BCUT2D eigenvalue weighted by Gasteiger charge is 2.31. The SMILES string of the molecule is COc1ccc(-c2noc(CNc3cccc(OC(F)(F)F)c3)n2)cc1OC. The van der Waals surface area contributed by atoms with Crippen molar-refractivity contribution < 1.29 is 31.9 Å². The molecule has 1 N–H and O–H groups in total. The average Bonchev–Trinajstić information content (AvgIpc) is 3.14. The molecule has 0 fully saturated rings. The summed E-state index contributed by atoms with van der Waals surface area (Å²) in [5.74, 6) is 1.36. The van der Waals surface area contributed by atoms with Crippen molar-refractivity contribution in [2.45, 2.75) is 12.9 Å². The largest absolute Gasteiger partial charge is 0.573 e. The number of methoxy groups -OCH3 is 2. The van der Waals surface area contributed by atoms with Crippen LogP contribution in [0.5, 0.6) is 17.2 Å². The Morgan fingerprint density at radius 1 is 1.04 bits per heavy atom. The topological polar surface area (TPSA) is 78.6 Å². The van der Waals surface area contributed by atoms with Crippen molar-refractivity contribution in [3.05, 3.63) is 48.4 Å². The van der Waals surface area contributed by atoms with Gasteiger partial charge in [-0.15, -0.1) is 13.2 Å². The molecule has 0 radical (unpaired) electrons. The van der Waals surface area contributed by atoms with Gasteiger partial charge in [0.2, 0.25) is 11.7 Å². The van der Waals surface area contributed by atoms with Crippen molar-refractivity contribution >= 4 is 5.69 Å². The Morgan fingerprint density at radius 3 is 2.54 bits per heavy atom. The van der Waals surface area contributed by atoms with Gasteiger partial charge < -0.3 is 24.1 Å². The molecule has 2 aromatic carbocycles. The Labute approximate surface area is 158 Å². The molecule has 0 aliphatic heterocycles. The van der Waals surface area contributed by atoms with Gasteiger partial charge in [0, 0.05) is 17.3 Å². The fourth-order valence-corrected chi connectivity index (χ4v) is 2.40. The molecular weight excluding hydrogens is 379 g/mol. The van der Waals surface area contributed by atoms with E-state index < -0.39 is 6.36 Å². The van der Waals surface area contributed by atoms with Gasteiger partial charge in [0.25, 0.3) is 0 Å². The summed E-state index contributed by atoms with van der Waals surface area (Å²) in [7, 11) is 3.05. The number of hydrogen-bond donors (Lipinski definition) is 1. The first-order valence-electron chi connectivity index (χ1n) is 8.02. The number of aromatic nitrogens is 2. The third kappa shape index (κ3) is 4.84. The molecule has 0 amide bonds. The number of anilines is 1. The lowest BCUT2D eigenvalue weighted by atomic mass is 10.2. The normalized spacial score (nSPS) is 11.2. The second-order valence-corrected chi connectivity index (χ2v) is 5.51. The fraction of sp³-hybridized carbons (Fsp3) is 0.222. The highest BCUT2D eigenvalue weighted by molar-refractivity contribution is 5.60. The van der Waals surface area contributed by atoms with Crippen molar-refractivity contribution in [2.24, 2.45) is 0 Å². The van der Waals surface area contributed by atoms with Crippen LogP contribution in [0.1, 0.15) is 5.89 Å². The van der Waals surface area contributed by atoms with Crippen molar-refractivity contribution in [1.29, 1.82) is 0 Å². The molecule has 3 aromatic rings. The lowest BCUT2D eigenvalue weighted by Gasteiger charge is -2.10. The van der Waals surface area contributed by atoms with Gasteiger partial charge in [-0.05, 0) is 30.3 Å². The number of nitrogens with one attached hydrogen (secondary N) is 1. The summed E-state index contributed by atoms with van der Waals surface area (Å²) in [4.78, 5) is 4.26. The van der Waals surface area contributed by atoms with Gasteiger partial charge in [0.15, 0.2) is 11.5 Å². The zero-order chi connectivity index (χ0) is 20.1. The molecule has 0 spiro atoms. The maximum absolute atomic E-state index is 12.3. The molecule has 1 aromatic heterocycles. The van der Waals surface area contributed by atoms with E-state index in [1.54, 1.807) is 24.3 Å². The third-order valence-corrected chi connectivity index (χ3v) is 3.62. The number of alkyl halides is 3. The monoisotopic (exact) mass is 395 g/mol. The molecule has 10 heteroatoms. The van der Waals surface area contributed by atoms with Gasteiger partial charge in [0.1, 0.15) is 5.75 Å². The summed E-state index contributed by atoms with van der Waals surface area (Å²) in [6, 6.07) is 10.6. The standard InChI is InChI=1S/C18H16F3N3O4/c1-25-14-7-6-11(8-15(14)26-2)17-23-16(28-24-17)10-22-12-4-3-5-13(9-12)27-18(19,20)21/h3-9,22H,10H2,1-2H3. The van der Waals surface area contributed by atoms with Gasteiger partial charge in [-0.1, -0.05) is 11.2 Å². The minimum atomic E-state index is -4.75. The van der Waals surface area contributed by atoms with E-state index in [-0.39, 0.29) is 18.2 Å².